The minimum atomic E-state index is 0.156. The molecule has 0 radical (unpaired) electrons. The van der Waals surface area contributed by atoms with Crippen LogP contribution in [0.25, 0.3) is 0 Å². The van der Waals surface area contributed by atoms with Crippen LogP contribution in [0.2, 0.25) is 0 Å². The van der Waals surface area contributed by atoms with Gasteiger partial charge >= 0.3 is 0 Å². The van der Waals surface area contributed by atoms with E-state index in [4.69, 9.17) is 4.74 Å². The third kappa shape index (κ3) is 5.61. The number of hydrogen-bond donors (Lipinski definition) is 1. The molecule has 0 amide bonds. The normalized spacial score (nSPS) is 12.4. The summed E-state index contributed by atoms with van der Waals surface area (Å²) in [5.74, 6) is 0. The van der Waals surface area contributed by atoms with Crippen molar-refractivity contribution >= 4 is 11.3 Å². The Bertz CT molecular complexity index is 328. The molecule has 0 saturated heterocycles. The predicted molar refractivity (Wildman–Crippen MR) is 73.6 cm³/mol. The van der Waals surface area contributed by atoms with Crippen LogP contribution in [-0.4, -0.2) is 24.2 Å². The summed E-state index contributed by atoms with van der Waals surface area (Å²) >= 11 is 1.79. The van der Waals surface area contributed by atoms with Crippen molar-refractivity contribution in [2.75, 3.05) is 13.2 Å². The number of rotatable bonds is 6. The Hall–Kier alpha value is -0.450. The van der Waals surface area contributed by atoms with Gasteiger partial charge in [-0.05, 0) is 13.8 Å². The molecule has 0 fully saturated rings. The molecule has 0 aliphatic heterocycles. The number of ether oxygens (including phenoxy) is 1. The molecule has 98 valence electrons. The lowest BCUT2D eigenvalue weighted by molar-refractivity contribution is 0.0807. The van der Waals surface area contributed by atoms with E-state index in [0.29, 0.717) is 6.10 Å². The molecular weight excluding hydrogens is 232 g/mol. The van der Waals surface area contributed by atoms with Crippen molar-refractivity contribution in [3.05, 3.63) is 16.1 Å². The number of nitrogens with one attached hydrogen (secondary N) is 1. The van der Waals surface area contributed by atoms with Crippen LogP contribution in [-0.2, 0) is 16.7 Å². The van der Waals surface area contributed by atoms with E-state index in [1.54, 1.807) is 11.3 Å². The average Bonchev–Trinajstić information content (AvgIpc) is 2.64. The van der Waals surface area contributed by atoms with Gasteiger partial charge in [0.1, 0.15) is 0 Å². The molecule has 0 saturated carbocycles. The molecule has 4 heteroatoms. The van der Waals surface area contributed by atoms with Crippen molar-refractivity contribution in [3.63, 3.8) is 0 Å². The lowest BCUT2D eigenvalue weighted by atomic mass is 9.98. The summed E-state index contributed by atoms with van der Waals surface area (Å²) in [7, 11) is 0. The van der Waals surface area contributed by atoms with Crippen molar-refractivity contribution in [1.29, 1.82) is 0 Å². The van der Waals surface area contributed by atoms with E-state index in [1.165, 1.54) is 9.88 Å². The van der Waals surface area contributed by atoms with E-state index >= 15 is 0 Å². The molecule has 1 N–H and O–H groups in total. The van der Waals surface area contributed by atoms with Gasteiger partial charge in [0.05, 0.1) is 17.7 Å². The Balaban J connectivity index is 2.26. The first-order chi connectivity index (χ1) is 7.89. The Kier molecular flexibility index (Phi) is 5.56. The molecule has 1 aromatic heterocycles. The van der Waals surface area contributed by atoms with Crippen LogP contribution in [0.5, 0.6) is 0 Å². The number of hydrogen-bond acceptors (Lipinski definition) is 4. The van der Waals surface area contributed by atoms with Gasteiger partial charge in [-0.1, -0.05) is 20.8 Å². The molecule has 0 bridgehead atoms. The highest BCUT2D eigenvalue weighted by Gasteiger charge is 2.17. The van der Waals surface area contributed by atoms with Crippen LogP contribution in [0.1, 0.15) is 44.5 Å². The zero-order valence-corrected chi connectivity index (χ0v) is 12.4. The summed E-state index contributed by atoms with van der Waals surface area (Å²) in [5.41, 5.74) is 0.156. The minimum Gasteiger partial charge on any atom is -0.377 e. The zero-order valence-electron chi connectivity index (χ0n) is 11.5. The highest BCUT2D eigenvalue weighted by atomic mass is 32.1. The van der Waals surface area contributed by atoms with E-state index in [9.17, 15) is 0 Å². The second-order valence-electron chi connectivity index (χ2n) is 5.48. The summed E-state index contributed by atoms with van der Waals surface area (Å²) in [6, 6.07) is 0. The maximum atomic E-state index is 5.46. The van der Waals surface area contributed by atoms with Crippen molar-refractivity contribution in [2.45, 2.75) is 52.7 Å². The van der Waals surface area contributed by atoms with Crippen LogP contribution < -0.4 is 5.32 Å². The van der Waals surface area contributed by atoms with Crippen LogP contribution >= 0.6 is 11.3 Å². The maximum Gasteiger partial charge on any atom is 0.0981 e. The smallest absolute Gasteiger partial charge is 0.0981 e. The Labute approximate surface area is 109 Å². The Morgan fingerprint density at radius 2 is 2.12 bits per heavy atom. The molecule has 0 aliphatic rings. The van der Waals surface area contributed by atoms with Gasteiger partial charge in [-0.3, -0.25) is 0 Å². The fraction of sp³-hybridized carbons (Fsp3) is 0.769. The highest BCUT2D eigenvalue weighted by Crippen LogP contribution is 2.26. The largest absolute Gasteiger partial charge is 0.377 e. The van der Waals surface area contributed by atoms with Gasteiger partial charge in [0.2, 0.25) is 0 Å². The van der Waals surface area contributed by atoms with Gasteiger partial charge in [0.15, 0.2) is 0 Å². The maximum absolute atomic E-state index is 5.46. The van der Waals surface area contributed by atoms with Crippen LogP contribution in [0.15, 0.2) is 6.20 Å². The third-order valence-corrected chi connectivity index (χ3v) is 3.65. The molecular formula is C13H24N2OS. The van der Waals surface area contributed by atoms with E-state index in [-0.39, 0.29) is 5.41 Å². The highest BCUT2D eigenvalue weighted by molar-refractivity contribution is 7.11. The monoisotopic (exact) mass is 256 g/mol. The van der Waals surface area contributed by atoms with E-state index < -0.39 is 0 Å². The van der Waals surface area contributed by atoms with Gasteiger partial charge in [0.25, 0.3) is 0 Å². The minimum absolute atomic E-state index is 0.156. The second-order valence-corrected chi connectivity index (χ2v) is 6.59. The summed E-state index contributed by atoms with van der Waals surface area (Å²) < 4.78 is 5.46. The van der Waals surface area contributed by atoms with Gasteiger partial charge in [-0.2, -0.15) is 0 Å². The second kappa shape index (κ2) is 6.47. The number of thiazole rings is 1. The molecule has 1 rings (SSSR count). The number of aromatic nitrogens is 1. The predicted octanol–water partition coefficient (Wildman–Crippen LogP) is 2.96. The molecule has 1 heterocycles. The van der Waals surface area contributed by atoms with Crippen molar-refractivity contribution in [2.24, 2.45) is 0 Å². The fourth-order valence-corrected chi connectivity index (χ4v) is 2.25. The number of nitrogens with zero attached hydrogens (tertiary/aromatic N) is 1. The topological polar surface area (TPSA) is 34.1 Å². The Morgan fingerprint density at radius 3 is 2.65 bits per heavy atom. The van der Waals surface area contributed by atoms with Crippen LogP contribution in [0, 0.1) is 0 Å². The van der Waals surface area contributed by atoms with Gasteiger partial charge < -0.3 is 10.1 Å². The first kappa shape index (κ1) is 14.6. The summed E-state index contributed by atoms with van der Waals surface area (Å²) in [4.78, 5) is 5.75. The molecule has 1 aromatic rings. The first-order valence-corrected chi connectivity index (χ1v) is 6.98. The summed E-state index contributed by atoms with van der Waals surface area (Å²) in [6.07, 6.45) is 2.29. The standard InChI is InChI=1S/C13H24N2OS/c1-10(2)16-7-6-14-8-11-9-15-12(17-11)13(3,4)5/h9-10,14H,6-8H2,1-5H3. The van der Waals surface area contributed by atoms with E-state index in [2.05, 4.69) is 44.9 Å². The molecule has 0 aliphatic carbocycles. The fourth-order valence-electron chi connectivity index (χ4n) is 1.31. The quantitative estimate of drug-likeness (QED) is 0.795. The molecule has 0 aromatic carbocycles. The SMILES string of the molecule is CC(C)OCCNCc1cnc(C(C)(C)C)s1. The summed E-state index contributed by atoms with van der Waals surface area (Å²) in [6.45, 7) is 13.2. The van der Waals surface area contributed by atoms with Crippen LogP contribution in [0.4, 0.5) is 0 Å². The molecule has 0 spiro atoms. The van der Waals surface area contributed by atoms with E-state index in [1.807, 2.05) is 6.20 Å². The van der Waals surface area contributed by atoms with Crippen molar-refractivity contribution in [1.82, 2.24) is 10.3 Å². The van der Waals surface area contributed by atoms with Gasteiger partial charge in [-0.25, -0.2) is 4.98 Å². The zero-order chi connectivity index (χ0) is 12.9. The molecule has 3 nitrogen and oxygen atoms in total. The van der Waals surface area contributed by atoms with Crippen molar-refractivity contribution in [3.8, 4) is 0 Å². The Morgan fingerprint density at radius 1 is 1.41 bits per heavy atom. The summed E-state index contributed by atoms with van der Waals surface area (Å²) in [5, 5.41) is 4.57. The van der Waals surface area contributed by atoms with Gasteiger partial charge in [0, 0.05) is 29.6 Å². The molecule has 0 unspecified atom stereocenters. The lowest BCUT2D eigenvalue weighted by Crippen LogP contribution is -2.20. The third-order valence-electron chi connectivity index (χ3n) is 2.22. The molecule has 0 atom stereocenters. The van der Waals surface area contributed by atoms with Gasteiger partial charge in [-0.15, -0.1) is 11.3 Å². The first-order valence-electron chi connectivity index (χ1n) is 6.17. The average molecular weight is 256 g/mol. The lowest BCUT2D eigenvalue weighted by Gasteiger charge is -2.13. The van der Waals surface area contributed by atoms with E-state index in [0.717, 1.165) is 19.7 Å². The van der Waals surface area contributed by atoms with Crippen LogP contribution in [0.3, 0.4) is 0 Å². The molecule has 17 heavy (non-hydrogen) atoms. The van der Waals surface area contributed by atoms with Crippen molar-refractivity contribution < 1.29 is 4.74 Å².